The maximum absolute atomic E-state index is 5.84. The zero-order valence-electron chi connectivity index (χ0n) is 14.0. The molecule has 3 aromatic rings. The van der Waals surface area contributed by atoms with Crippen LogP contribution in [0, 0.1) is 0 Å². The third-order valence-corrected chi connectivity index (χ3v) is 5.41. The van der Waals surface area contributed by atoms with E-state index in [0.717, 1.165) is 42.1 Å². The van der Waals surface area contributed by atoms with Gasteiger partial charge in [-0.25, -0.2) is 0 Å². The largest absolute Gasteiger partial charge is 0.461 e. The Hall–Kier alpha value is -2.05. The minimum Gasteiger partial charge on any atom is -0.461 e. The fraction of sp³-hybridized carbons (Fsp3) is 0.368. The zero-order valence-corrected chi connectivity index (χ0v) is 14.8. The summed E-state index contributed by atoms with van der Waals surface area (Å²) in [5, 5.41) is 9.70. The predicted octanol–water partition coefficient (Wildman–Crippen LogP) is 4.25. The summed E-state index contributed by atoms with van der Waals surface area (Å²) in [5.74, 6) is 2.41. The predicted molar refractivity (Wildman–Crippen MR) is 97.6 cm³/mol. The number of furan rings is 1. The molecule has 1 aromatic carbocycles. The van der Waals surface area contributed by atoms with Gasteiger partial charge in [-0.2, -0.15) is 0 Å². The van der Waals surface area contributed by atoms with E-state index in [1.54, 1.807) is 18.0 Å². The van der Waals surface area contributed by atoms with E-state index in [1.165, 1.54) is 18.4 Å². The van der Waals surface area contributed by atoms with Crippen LogP contribution in [-0.4, -0.2) is 33.2 Å². The molecule has 6 heteroatoms. The Morgan fingerprint density at radius 1 is 1.08 bits per heavy atom. The van der Waals surface area contributed by atoms with Gasteiger partial charge in [-0.05, 0) is 37.0 Å². The molecule has 1 aliphatic rings. The maximum atomic E-state index is 5.84. The second-order valence-electron chi connectivity index (χ2n) is 6.15. The van der Waals surface area contributed by atoms with E-state index < -0.39 is 0 Å². The van der Waals surface area contributed by atoms with Crippen LogP contribution >= 0.6 is 11.8 Å². The van der Waals surface area contributed by atoms with E-state index in [2.05, 4.69) is 39.0 Å². The van der Waals surface area contributed by atoms with E-state index in [-0.39, 0.29) is 0 Å². The minimum atomic E-state index is 0.313. The molecule has 0 N–H and O–H groups in total. The Kier molecular flexibility index (Phi) is 5.18. The van der Waals surface area contributed by atoms with Crippen LogP contribution in [0.4, 0.5) is 0 Å². The number of hydrogen-bond acceptors (Lipinski definition) is 5. The lowest BCUT2D eigenvalue weighted by Crippen LogP contribution is -2.21. The number of ether oxygens (including phenoxy) is 1. The lowest BCUT2D eigenvalue weighted by atomic mass is 10.1. The van der Waals surface area contributed by atoms with Crippen LogP contribution in [0.15, 0.2) is 58.3 Å². The number of nitrogens with zero attached hydrogens (tertiary/aromatic N) is 3. The summed E-state index contributed by atoms with van der Waals surface area (Å²) < 4.78 is 13.5. The van der Waals surface area contributed by atoms with Crippen molar-refractivity contribution in [2.75, 3.05) is 12.4 Å². The molecule has 3 heterocycles. The van der Waals surface area contributed by atoms with Crippen LogP contribution in [0.3, 0.4) is 0 Å². The minimum absolute atomic E-state index is 0.313. The smallest absolute Gasteiger partial charge is 0.200 e. The van der Waals surface area contributed by atoms with E-state index in [0.29, 0.717) is 6.10 Å². The fourth-order valence-electron chi connectivity index (χ4n) is 3.00. The molecule has 1 fully saturated rings. The molecule has 1 atom stereocenters. The Balaban J connectivity index is 1.57. The van der Waals surface area contributed by atoms with Crippen molar-refractivity contribution in [1.29, 1.82) is 0 Å². The first-order valence-corrected chi connectivity index (χ1v) is 9.64. The molecule has 2 aromatic heterocycles. The molecule has 0 radical (unpaired) electrons. The van der Waals surface area contributed by atoms with E-state index in [1.807, 2.05) is 18.2 Å². The summed E-state index contributed by atoms with van der Waals surface area (Å²) >= 11 is 1.71. The molecule has 0 saturated carbocycles. The first-order chi connectivity index (χ1) is 12.4. The summed E-state index contributed by atoms with van der Waals surface area (Å²) in [4.78, 5) is 0. The Morgan fingerprint density at radius 2 is 2.00 bits per heavy atom. The molecule has 5 nitrogen and oxygen atoms in total. The highest BCUT2D eigenvalue weighted by Gasteiger charge is 2.19. The first kappa shape index (κ1) is 16.4. The van der Waals surface area contributed by atoms with Crippen LogP contribution in [-0.2, 0) is 11.3 Å². The molecule has 0 unspecified atom stereocenters. The highest BCUT2D eigenvalue weighted by molar-refractivity contribution is 7.99. The normalized spacial score (nSPS) is 17.7. The average Bonchev–Trinajstić information content (AvgIpc) is 3.32. The Labute approximate surface area is 151 Å². The summed E-state index contributed by atoms with van der Waals surface area (Å²) in [6.07, 6.45) is 5.53. The number of rotatable bonds is 6. The number of aromatic nitrogens is 3. The third-order valence-electron chi connectivity index (χ3n) is 4.31. The third kappa shape index (κ3) is 3.96. The van der Waals surface area contributed by atoms with E-state index >= 15 is 0 Å². The molecule has 25 heavy (non-hydrogen) atoms. The number of benzene rings is 1. The molecule has 0 spiro atoms. The van der Waals surface area contributed by atoms with Crippen molar-refractivity contribution in [3.8, 4) is 11.6 Å². The van der Waals surface area contributed by atoms with Crippen molar-refractivity contribution >= 4 is 11.8 Å². The SMILES string of the molecule is c1ccc(Cn2c(SC[C@@H]3CCCCO3)nnc2-c2ccco2)cc1. The summed E-state index contributed by atoms with van der Waals surface area (Å²) in [6.45, 7) is 1.59. The van der Waals surface area contributed by atoms with Crippen LogP contribution in [0.2, 0.25) is 0 Å². The van der Waals surface area contributed by atoms with Gasteiger partial charge in [-0.15, -0.1) is 10.2 Å². The van der Waals surface area contributed by atoms with Crippen molar-refractivity contribution < 1.29 is 9.15 Å². The second-order valence-corrected chi connectivity index (χ2v) is 7.14. The molecule has 1 saturated heterocycles. The van der Waals surface area contributed by atoms with Gasteiger partial charge in [-0.3, -0.25) is 4.57 Å². The summed E-state index contributed by atoms with van der Waals surface area (Å²) in [5.41, 5.74) is 1.21. The van der Waals surface area contributed by atoms with E-state index in [4.69, 9.17) is 9.15 Å². The lowest BCUT2D eigenvalue weighted by Gasteiger charge is -2.21. The van der Waals surface area contributed by atoms with Crippen molar-refractivity contribution in [3.05, 3.63) is 54.3 Å². The summed E-state index contributed by atoms with van der Waals surface area (Å²) in [7, 11) is 0. The zero-order chi connectivity index (χ0) is 16.9. The number of thioether (sulfide) groups is 1. The van der Waals surface area contributed by atoms with Crippen molar-refractivity contribution in [3.63, 3.8) is 0 Å². The van der Waals surface area contributed by atoms with Gasteiger partial charge in [0.2, 0.25) is 5.82 Å². The van der Waals surface area contributed by atoms with Crippen LogP contribution in [0.5, 0.6) is 0 Å². The second kappa shape index (κ2) is 7.89. The summed E-state index contributed by atoms with van der Waals surface area (Å²) in [6, 6.07) is 14.2. The first-order valence-electron chi connectivity index (χ1n) is 8.65. The number of hydrogen-bond donors (Lipinski definition) is 0. The van der Waals surface area contributed by atoms with Gasteiger partial charge in [0.1, 0.15) is 0 Å². The fourth-order valence-corrected chi connectivity index (χ4v) is 4.00. The van der Waals surface area contributed by atoms with Crippen molar-refractivity contribution in [1.82, 2.24) is 14.8 Å². The lowest BCUT2D eigenvalue weighted by molar-refractivity contribution is 0.0315. The van der Waals surface area contributed by atoms with Crippen molar-refractivity contribution in [2.45, 2.75) is 37.1 Å². The van der Waals surface area contributed by atoms with Gasteiger partial charge >= 0.3 is 0 Å². The molecular weight excluding hydrogens is 334 g/mol. The van der Waals surface area contributed by atoms with Gasteiger partial charge in [0, 0.05) is 12.4 Å². The molecule has 0 bridgehead atoms. The standard InChI is InChI=1S/C19H21N3O2S/c1-2-7-15(8-3-1)13-22-18(17-10-6-12-24-17)20-21-19(22)25-14-16-9-4-5-11-23-16/h1-3,6-8,10,12,16H,4-5,9,11,13-14H2/t16-/m0/s1. The Morgan fingerprint density at radius 3 is 2.76 bits per heavy atom. The molecule has 130 valence electrons. The van der Waals surface area contributed by atoms with Gasteiger partial charge in [0.25, 0.3) is 0 Å². The highest BCUT2D eigenvalue weighted by atomic mass is 32.2. The Bertz CT molecular complexity index is 780. The van der Waals surface area contributed by atoms with Crippen LogP contribution in [0.1, 0.15) is 24.8 Å². The van der Waals surface area contributed by atoms with Crippen LogP contribution in [0.25, 0.3) is 11.6 Å². The molecule has 0 aliphatic carbocycles. The van der Waals surface area contributed by atoms with E-state index in [9.17, 15) is 0 Å². The molecule has 0 amide bonds. The quantitative estimate of drug-likeness (QED) is 0.619. The highest BCUT2D eigenvalue weighted by Crippen LogP contribution is 2.27. The average molecular weight is 355 g/mol. The molecule has 1 aliphatic heterocycles. The topological polar surface area (TPSA) is 53.1 Å². The maximum Gasteiger partial charge on any atom is 0.200 e. The van der Waals surface area contributed by atoms with Gasteiger partial charge in [0.15, 0.2) is 10.9 Å². The van der Waals surface area contributed by atoms with Crippen molar-refractivity contribution in [2.24, 2.45) is 0 Å². The molecular formula is C19H21N3O2S. The van der Waals surface area contributed by atoms with Gasteiger partial charge in [0.05, 0.1) is 18.9 Å². The molecule has 4 rings (SSSR count). The van der Waals surface area contributed by atoms with Gasteiger partial charge < -0.3 is 9.15 Å². The van der Waals surface area contributed by atoms with Crippen LogP contribution < -0.4 is 0 Å². The van der Waals surface area contributed by atoms with Gasteiger partial charge in [-0.1, -0.05) is 42.1 Å². The monoisotopic (exact) mass is 355 g/mol.